The Hall–Kier alpha value is -3.30. The molecule has 0 spiro atoms. The van der Waals surface area contributed by atoms with Crippen molar-refractivity contribution in [1.29, 1.82) is 0 Å². The molecule has 1 aliphatic rings. The number of aromatic nitrogens is 1. The van der Waals surface area contributed by atoms with Gasteiger partial charge in [0.15, 0.2) is 0 Å². The number of Topliss-reactive ketones (excluding diaryl/α,β-unsaturated/α-hetero) is 1. The molecule has 0 aliphatic carbocycles. The minimum atomic E-state index is -2.59. The fourth-order valence-electron chi connectivity index (χ4n) is 4.05. The van der Waals surface area contributed by atoms with Crippen LogP contribution in [0.1, 0.15) is 62.4 Å². The van der Waals surface area contributed by atoms with Gasteiger partial charge in [-0.2, -0.15) is 0 Å². The number of hydrogen-bond acceptors (Lipinski definition) is 4. The van der Waals surface area contributed by atoms with Crippen LogP contribution in [-0.4, -0.2) is 58.4 Å². The molecule has 1 aliphatic heterocycles. The molecular weight excluding hydrogens is 475 g/mol. The van der Waals surface area contributed by atoms with Crippen molar-refractivity contribution in [2.45, 2.75) is 70.9 Å². The van der Waals surface area contributed by atoms with Gasteiger partial charge in [0.1, 0.15) is 17.2 Å². The molecule has 3 rings (SSSR count). The van der Waals surface area contributed by atoms with Gasteiger partial charge in [0.25, 0.3) is 5.91 Å². The van der Waals surface area contributed by atoms with Crippen molar-refractivity contribution in [3.63, 3.8) is 0 Å². The highest BCUT2D eigenvalue weighted by molar-refractivity contribution is 5.97. The molecule has 0 unspecified atom stereocenters. The second-order valence-corrected chi connectivity index (χ2v) is 9.97. The van der Waals surface area contributed by atoms with Gasteiger partial charge in [0.2, 0.25) is 6.43 Å². The number of amides is 2. The summed E-state index contributed by atoms with van der Waals surface area (Å²) in [7, 11) is 0. The number of nitrogens with zero attached hydrogens (tertiary/aromatic N) is 2. The molecule has 7 nitrogen and oxygen atoms in total. The van der Waals surface area contributed by atoms with E-state index in [-0.39, 0.29) is 31.0 Å². The number of ether oxygens (including phenoxy) is 1. The van der Waals surface area contributed by atoms with Crippen molar-refractivity contribution in [3.05, 3.63) is 53.6 Å². The zero-order valence-electron chi connectivity index (χ0n) is 20.7. The summed E-state index contributed by atoms with van der Waals surface area (Å²) >= 11 is 0. The summed E-state index contributed by atoms with van der Waals surface area (Å²) in [5.74, 6) is -1.35. The summed E-state index contributed by atoms with van der Waals surface area (Å²) in [4.78, 5) is 39.6. The average molecular weight is 508 g/mol. The van der Waals surface area contributed by atoms with Crippen molar-refractivity contribution in [1.82, 2.24) is 14.8 Å². The Balaban J connectivity index is 1.77. The molecule has 1 N–H and O–H groups in total. The molecule has 0 saturated carbocycles. The van der Waals surface area contributed by atoms with Crippen molar-refractivity contribution in [3.8, 4) is 5.69 Å². The van der Waals surface area contributed by atoms with Crippen LogP contribution < -0.4 is 5.32 Å². The number of halogens is 3. The molecule has 10 heteroatoms. The molecule has 2 heterocycles. The van der Waals surface area contributed by atoms with Gasteiger partial charge >= 0.3 is 6.09 Å². The number of hydrogen-bond donors (Lipinski definition) is 1. The molecular formula is C26H32F3N3O4. The first-order chi connectivity index (χ1) is 16.9. The van der Waals surface area contributed by atoms with E-state index in [1.165, 1.54) is 35.2 Å². The normalized spacial score (nSPS) is 16.2. The van der Waals surface area contributed by atoms with Gasteiger partial charge in [-0.15, -0.1) is 0 Å². The Morgan fingerprint density at radius 2 is 1.94 bits per heavy atom. The van der Waals surface area contributed by atoms with Crippen LogP contribution in [0.5, 0.6) is 0 Å². The molecule has 0 radical (unpaired) electrons. The number of ketones is 1. The Morgan fingerprint density at radius 1 is 1.19 bits per heavy atom. The van der Waals surface area contributed by atoms with E-state index in [1.54, 1.807) is 31.7 Å². The molecule has 0 bridgehead atoms. The topological polar surface area (TPSA) is 80.6 Å². The Bertz CT molecular complexity index is 1090. The van der Waals surface area contributed by atoms with Gasteiger partial charge in [-0.05, 0) is 57.4 Å². The number of benzene rings is 1. The smallest absolute Gasteiger partial charge is 0.410 e. The maximum Gasteiger partial charge on any atom is 0.410 e. The third kappa shape index (κ3) is 7.86. The Labute approximate surface area is 208 Å². The fraction of sp³-hybridized carbons (Fsp3) is 0.500. The van der Waals surface area contributed by atoms with Crippen molar-refractivity contribution in [2.24, 2.45) is 0 Å². The lowest BCUT2D eigenvalue weighted by molar-refractivity contribution is -0.119. The van der Waals surface area contributed by atoms with Gasteiger partial charge in [-0.3, -0.25) is 9.59 Å². The number of rotatable bonds is 8. The quantitative estimate of drug-likeness (QED) is 0.551. The highest BCUT2D eigenvalue weighted by Gasteiger charge is 2.29. The molecule has 1 fully saturated rings. The van der Waals surface area contributed by atoms with Gasteiger partial charge in [-0.1, -0.05) is 6.07 Å². The van der Waals surface area contributed by atoms with Crippen LogP contribution in [0, 0.1) is 5.82 Å². The first kappa shape index (κ1) is 27.3. The molecule has 1 aromatic heterocycles. The van der Waals surface area contributed by atoms with E-state index >= 15 is 0 Å². The van der Waals surface area contributed by atoms with Gasteiger partial charge in [0.05, 0.1) is 5.56 Å². The van der Waals surface area contributed by atoms with Crippen molar-refractivity contribution in [2.75, 3.05) is 13.1 Å². The highest BCUT2D eigenvalue weighted by Crippen LogP contribution is 2.21. The third-order valence-electron chi connectivity index (χ3n) is 5.70. The maximum absolute atomic E-state index is 13.8. The molecule has 36 heavy (non-hydrogen) atoms. The number of carbonyl (C=O) groups is 3. The largest absolute Gasteiger partial charge is 0.444 e. The van der Waals surface area contributed by atoms with E-state index in [4.69, 9.17) is 4.74 Å². The number of nitrogens with one attached hydrogen (secondary N) is 1. The summed E-state index contributed by atoms with van der Waals surface area (Å²) in [5, 5.41) is 2.92. The lowest BCUT2D eigenvalue weighted by Crippen LogP contribution is -2.50. The number of alkyl halides is 2. The molecule has 1 atom stereocenters. The van der Waals surface area contributed by atoms with Gasteiger partial charge < -0.3 is 19.5 Å². The molecule has 1 saturated heterocycles. The number of likely N-dealkylation sites (tertiary alicyclic amines) is 1. The highest BCUT2D eigenvalue weighted by atomic mass is 19.3. The Morgan fingerprint density at radius 3 is 2.61 bits per heavy atom. The number of carbonyl (C=O) groups excluding carboxylic acids is 3. The summed E-state index contributed by atoms with van der Waals surface area (Å²) < 4.78 is 45.8. The van der Waals surface area contributed by atoms with Gasteiger partial charge in [0, 0.05) is 56.5 Å². The summed E-state index contributed by atoms with van der Waals surface area (Å²) in [6, 6.07) is 5.40. The Kier molecular flexibility index (Phi) is 8.81. The minimum absolute atomic E-state index is 0.194. The van der Waals surface area contributed by atoms with E-state index in [0.29, 0.717) is 30.6 Å². The van der Waals surface area contributed by atoms with E-state index in [1.807, 2.05) is 0 Å². The summed E-state index contributed by atoms with van der Waals surface area (Å²) in [5.41, 5.74) is 0.359. The van der Waals surface area contributed by atoms with E-state index in [2.05, 4.69) is 5.32 Å². The van der Waals surface area contributed by atoms with Crippen LogP contribution in [0.4, 0.5) is 18.0 Å². The zero-order valence-corrected chi connectivity index (χ0v) is 20.7. The predicted molar refractivity (Wildman–Crippen MR) is 128 cm³/mol. The monoisotopic (exact) mass is 507 g/mol. The maximum atomic E-state index is 13.8. The molecule has 196 valence electrons. The first-order valence-corrected chi connectivity index (χ1v) is 12.0. The van der Waals surface area contributed by atoms with Crippen LogP contribution in [0.3, 0.4) is 0 Å². The molecule has 2 aromatic rings. The predicted octanol–water partition coefficient (Wildman–Crippen LogP) is 4.90. The lowest BCUT2D eigenvalue weighted by atomic mass is 10.0. The van der Waals surface area contributed by atoms with E-state index in [0.717, 1.165) is 0 Å². The number of piperidine rings is 1. The second kappa shape index (κ2) is 11.6. The molecule has 1 aromatic carbocycles. The third-order valence-corrected chi connectivity index (χ3v) is 5.70. The first-order valence-electron chi connectivity index (χ1n) is 12.0. The zero-order chi connectivity index (χ0) is 26.5. The van der Waals surface area contributed by atoms with Crippen LogP contribution >= 0.6 is 0 Å². The lowest BCUT2D eigenvalue weighted by Gasteiger charge is -2.34. The molecule has 2 amide bonds. The summed E-state index contributed by atoms with van der Waals surface area (Å²) in [6.45, 7) is 6.12. The van der Waals surface area contributed by atoms with Crippen molar-refractivity contribution < 1.29 is 32.3 Å². The SMILES string of the molecule is CC(C)(C)OC(=O)N1CCC[C@H](NC(=O)c2cn(-c3cccc(F)c3)cc2CC(=O)CCC(F)F)C1. The van der Waals surface area contributed by atoms with E-state index < -0.39 is 42.0 Å². The minimum Gasteiger partial charge on any atom is -0.444 e. The van der Waals surface area contributed by atoms with Crippen LogP contribution in [-0.2, 0) is 16.0 Å². The van der Waals surface area contributed by atoms with E-state index in [9.17, 15) is 27.6 Å². The van der Waals surface area contributed by atoms with Crippen molar-refractivity contribution >= 4 is 17.8 Å². The van der Waals surface area contributed by atoms with Crippen LogP contribution in [0.25, 0.3) is 5.69 Å². The fourth-order valence-corrected chi connectivity index (χ4v) is 4.05. The van der Waals surface area contributed by atoms with Crippen LogP contribution in [0.15, 0.2) is 36.7 Å². The van der Waals surface area contributed by atoms with Gasteiger partial charge in [-0.25, -0.2) is 18.0 Å². The summed E-state index contributed by atoms with van der Waals surface area (Å²) in [6.07, 6.45) is 0.256. The average Bonchev–Trinajstić information content (AvgIpc) is 3.20. The van der Waals surface area contributed by atoms with Crippen LogP contribution in [0.2, 0.25) is 0 Å². The standard InChI is InChI=1S/C26H32F3N3O4/c1-26(2,3)36-25(35)31-11-5-7-19(15-31)30-24(34)22-16-32(20-8-4-6-18(27)13-20)14-17(22)12-21(33)9-10-23(28)29/h4,6,8,13-14,16,19,23H,5,7,9-12,15H2,1-3H3,(H,30,34)/t19-/m0/s1. The second-order valence-electron chi connectivity index (χ2n) is 9.97.